The Morgan fingerprint density at radius 2 is 2.17 bits per heavy atom. The minimum absolute atomic E-state index is 0.215. The predicted molar refractivity (Wildman–Crippen MR) is 66.9 cm³/mol. The van der Waals surface area contributed by atoms with E-state index in [9.17, 15) is 14.3 Å². The van der Waals surface area contributed by atoms with Crippen molar-refractivity contribution in [1.82, 2.24) is 0 Å². The molecule has 1 aromatic carbocycles. The van der Waals surface area contributed by atoms with Gasteiger partial charge in [0.1, 0.15) is 5.67 Å². The average Bonchev–Trinajstić information content (AvgIpc) is 2.26. The van der Waals surface area contributed by atoms with Gasteiger partial charge >= 0.3 is 5.97 Å². The third kappa shape index (κ3) is 4.45. The molecule has 0 aliphatic carbocycles. The Morgan fingerprint density at radius 1 is 1.50 bits per heavy atom. The van der Waals surface area contributed by atoms with Crippen LogP contribution in [-0.4, -0.2) is 23.4 Å². The highest BCUT2D eigenvalue weighted by Gasteiger charge is 2.20. The molecule has 0 saturated carbocycles. The number of carbonyl (C=O) groups excluding carboxylic acids is 1. The normalized spacial score (nSPS) is 13.2. The molecule has 3 nitrogen and oxygen atoms in total. The second kappa shape index (κ2) is 5.96. The van der Waals surface area contributed by atoms with Crippen molar-refractivity contribution in [3.05, 3.63) is 35.4 Å². The van der Waals surface area contributed by atoms with Crippen LogP contribution in [0, 0.1) is 0 Å². The van der Waals surface area contributed by atoms with Gasteiger partial charge in [0.15, 0.2) is 6.10 Å². The maximum atomic E-state index is 13.5. The van der Waals surface area contributed by atoms with Crippen LogP contribution in [0.3, 0.4) is 0 Å². The van der Waals surface area contributed by atoms with Crippen LogP contribution in [0.1, 0.15) is 38.0 Å². The molecule has 0 spiro atoms. The SMILES string of the molecule is CCOC(=O)C(O)c1cccc(CC(C)(C)F)c1. The minimum Gasteiger partial charge on any atom is -0.464 e. The number of hydrogen-bond donors (Lipinski definition) is 1. The highest BCUT2D eigenvalue weighted by molar-refractivity contribution is 5.76. The molecular weight excluding hydrogens is 235 g/mol. The maximum Gasteiger partial charge on any atom is 0.339 e. The number of benzene rings is 1. The highest BCUT2D eigenvalue weighted by Crippen LogP contribution is 2.21. The Bertz CT molecular complexity index is 410. The lowest BCUT2D eigenvalue weighted by atomic mass is 9.97. The van der Waals surface area contributed by atoms with Gasteiger partial charge < -0.3 is 9.84 Å². The van der Waals surface area contributed by atoms with E-state index < -0.39 is 17.7 Å². The van der Waals surface area contributed by atoms with Crippen molar-refractivity contribution in [3.8, 4) is 0 Å². The summed E-state index contributed by atoms with van der Waals surface area (Å²) in [7, 11) is 0. The minimum atomic E-state index is -1.33. The van der Waals surface area contributed by atoms with Crippen molar-refractivity contribution < 1.29 is 19.0 Å². The zero-order valence-corrected chi connectivity index (χ0v) is 10.9. The monoisotopic (exact) mass is 254 g/mol. The van der Waals surface area contributed by atoms with Crippen molar-refractivity contribution in [3.63, 3.8) is 0 Å². The summed E-state index contributed by atoms with van der Waals surface area (Å²) < 4.78 is 18.3. The standard InChI is InChI=1S/C14H19FO3/c1-4-18-13(17)12(16)11-7-5-6-10(8-11)9-14(2,3)15/h5-8,12,16H,4,9H2,1-3H3. The lowest BCUT2D eigenvalue weighted by molar-refractivity contribution is -0.153. The number of halogens is 1. The molecule has 0 radical (unpaired) electrons. The van der Waals surface area contributed by atoms with Crippen LogP contribution in [-0.2, 0) is 16.0 Å². The first-order valence-electron chi connectivity index (χ1n) is 5.96. The molecule has 0 fully saturated rings. The van der Waals surface area contributed by atoms with Crippen molar-refractivity contribution in [2.75, 3.05) is 6.61 Å². The van der Waals surface area contributed by atoms with Gasteiger partial charge in [-0.2, -0.15) is 0 Å². The molecule has 0 amide bonds. The van der Waals surface area contributed by atoms with Crippen LogP contribution in [0.4, 0.5) is 4.39 Å². The number of aliphatic hydroxyl groups is 1. The molecule has 100 valence electrons. The molecule has 0 heterocycles. The molecule has 0 saturated heterocycles. The fourth-order valence-corrected chi connectivity index (χ4v) is 1.72. The predicted octanol–water partition coefficient (Wildman–Crippen LogP) is 2.57. The summed E-state index contributed by atoms with van der Waals surface area (Å²) in [5.41, 5.74) is -0.161. The Balaban J connectivity index is 2.84. The maximum absolute atomic E-state index is 13.5. The summed E-state index contributed by atoms with van der Waals surface area (Å²) in [5.74, 6) is -0.686. The van der Waals surface area contributed by atoms with Gasteiger partial charge in [0, 0.05) is 6.42 Å². The van der Waals surface area contributed by atoms with Crippen LogP contribution in [0.2, 0.25) is 0 Å². The number of alkyl halides is 1. The fraction of sp³-hybridized carbons (Fsp3) is 0.500. The van der Waals surface area contributed by atoms with Gasteiger partial charge in [-0.05, 0) is 31.9 Å². The number of ether oxygens (including phenoxy) is 1. The van der Waals surface area contributed by atoms with Crippen LogP contribution in [0.25, 0.3) is 0 Å². The van der Waals surface area contributed by atoms with E-state index in [1.165, 1.54) is 13.8 Å². The Morgan fingerprint density at radius 3 is 2.72 bits per heavy atom. The zero-order valence-electron chi connectivity index (χ0n) is 10.9. The second-order valence-electron chi connectivity index (χ2n) is 4.80. The third-order valence-corrected chi connectivity index (χ3v) is 2.40. The van der Waals surface area contributed by atoms with Gasteiger partial charge in [-0.25, -0.2) is 9.18 Å². The van der Waals surface area contributed by atoms with Gasteiger partial charge in [0.25, 0.3) is 0 Å². The van der Waals surface area contributed by atoms with Crippen molar-refractivity contribution in [2.45, 2.75) is 39.0 Å². The molecule has 1 aromatic rings. The Hall–Kier alpha value is -1.42. The molecule has 1 rings (SSSR count). The highest BCUT2D eigenvalue weighted by atomic mass is 19.1. The molecular formula is C14H19FO3. The van der Waals surface area contributed by atoms with Gasteiger partial charge in [0.05, 0.1) is 6.61 Å². The molecule has 0 aliphatic rings. The Labute approximate surface area is 107 Å². The quantitative estimate of drug-likeness (QED) is 0.821. The van der Waals surface area contributed by atoms with Gasteiger partial charge in [-0.15, -0.1) is 0 Å². The smallest absolute Gasteiger partial charge is 0.339 e. The first-order valence-corrected chi connectivity index (χ1v) is 5.96. The number of esters is 1. The molecule has 1 unspecified atom stereocenters. The largest absolute Gasteiger partial charge is 0.464 e. The molecule has 0 aliphatic heterocycles. The van der Waals surface area contributed by atoms with E-state index in [-0.39, 0.29) is 13.0 Å². The zero-order chi connectivity index (χ0) is 13.8. The number of aliphatic hydroxyl groups excluding tert-OH is 1. The van der Waals surface area contributed by atoms with Gasteiger partial charge in [-0.3, -0.25) is 0 Å². The van der Waals surface area contributed by atoms with Crippen LogP contribution < -0.4 is 0 Å². The van der Waals surface area contributed by atoms with Gasteiger partial charge in [0.2, 0.25) is 0 Å². The second-order valence-corrected chi connectivity index (χ2v) is 4.80. The number of rotatable bonds is 5. The third-order valence-electron chi connectivity index (χ3n) is 2.40. The fourth-order valence-electron chi connectivity index (χ4n) is 1.72. The van der Waals surface area contributed by atoms with Gasteiger partial charge in [-0.1, -0.05) is 24.3 Å². The first-order chi connectivity index (χ1) is 8.33. The lowest BCUT2D eigenvalue weighted by Crippen LogP contribution is -2.17. The van der Waals surface area contributed by atoms with Crippen LogP contribution >= 0.6 is 0 Å². The van der Waals surface area contributed by atoms with E-state index >= 15 is 0 Å². The Kier molecular flexibility index (Phi) is 4.84. The topological polar surface area (TPSA) is 46.5 Å². The van der Waals surface area contributed by atoms with E-state index in [1.54, 1.807) is 31.2 Å². The molecule has 18 heavy (non-hydrogen) atoms. The summed E-state index contributed by atoms with van der Waals surface area (Å²) in [6, 6.07) is 6.71. The van der Waals surface area contributed by atoms with Crippen molar-refractivity contribution in [1.29, 1.82) is 0 Å². The molecule has 0 bridgehead atoms. The van der Waals surface area contributed by atoms with Crippen LogP contribution in [0.15, 0.2) is 24.3 Å². The van der Waals surface area contributed by atoms with E-state index in [0.717, 1.165) is 5.56 Å². The molecule has 1 atom stereocenters. The van der Waals surface area contributed by atoms with Crippen molar-refractivity contribution in [2.24, 2.45) is 0 Å². The van der Waals surface area contributed by atoms with E-state index in [1.807, 2.05) is 0 Å². The lowest BCUT2D eigenvalue weighted by Gasteiger charge is -2.15. The first kappa shape index (κ1) is 14.6. The molecule has 0 aromatic heterocycles. The number of hydrogen-bond acceptors (Lipinski definition) is 3. The average molecular weight is 254 g/mol. The van der Waals surface area contributed by atoms with Crippen LogP contribution in [0.5, 0.6) is 0 Å². The van der Waals surface area contributed by atoms with E-state index in [4.69, 9.17) is 4.74 Å². The molecule has 4 heteroatoms. The summed E-state index contributed by atoms with van der Waals surface area (Å²) in [6.07, 6.45) is -1.08. The summed E-state index contributed by atoms with van der Waals surface area (Å²) in [4.78, 5) is 11.4. The van der Waals surface area contributed by atoms with E-state index in [0.29, 0.717) is 5.56 Å². The summed E-state index contributed by atoms with van der Waals surface area (Å²) in [6.45, 7) is 4.86. The summed E-state index contributed by atoms with van der Waals surface area (Å²) >= 11 is 0. The molecule has 1 N–H and O–H groups in total. The van der Waals surface area contributed by atoms with E-state index in [2.05, 4.69) is 0 Å². The van der Waals surface area contributed by atoms with Crippen molar-refractivity contribution >= 4 is 5.97 Å². The summed E-state index contributed by atoms with van der Waals surface area (Å²) in [5, 5.41) is 9.77. The number of carbonyl (C=O) groups is 1.